The Balaban J connectivity index is 2.33. The second-order valence-electron chi connectivity index (χ2n) is 6.48. The number of rotatable bonds is 11. The minimum atomic E-state index is -3.87. The van der Waals surface area contributed by atoms with Crippen molar-refractivity contribution in [3.63, 3.8) is 0 Å². The number of nitrogens with one attached hydrogen (secondary N) is 2. The van der Waals surface area contributed by atoms with Gasteiger partial charge in [0.05, 0.1) is 0 Å². The number of hydrogen-bond acceptors (Lipinski definition) is 7. The van der Waals surface area contributed by atoms with E-state index in [-0.39, 0.29) is 22.0 Å². The van der Waals surface area contributed by atoms with E-state index in [1.165, 1.54) is 12.3 Å². The third-order valence-electron chi connectivity index (χ3n) is 4.11. The Morgan fingerprint density at radius 3 is 2.28 bits per heavy atom. The molecule has 2 aromatic rings. The zero-order chi connectivity index (χ0) is 21.3. The average molecular weight is 423 g/mol. The fraction of sp³-hybridized carbons (Fsp3) is 0.474. The van der Waals surface area contributed by atoms with Crippen LogP contribution >= 0.6 is 0 Å². The first-order chi connectivity index (χ1) is 13.9. The third-order valence-corrected chi connectivity index (χ3v) is 5.64. The molecule has 0 radical (unpaired) electrons. The largest absolute Gasteiger partial charge is 0.352 e. The van der Waals surface area contributed by atoms with E-state index >= 15 is 0 Å². The Morgan fingerprint density at radius 2 is 1.69 bits per heavy atom. The maximum atomic E-state index is 12.7. The van der Waals surface area contributed by atoms with Gasteiger partial charge < -0.3 is 15.2 Å². The summed E-state index contributed by atoms with van der Waals surface area (Å²) < 4.78 is 30.4. The number of nitrogens with zero attached hydrogens (tertiary/aromatic N) is 2. The van der Waals surface area contributed by atoms with Crippen molar-refractivity contribution in [3.05, 3.63) is 41.4 Å². The monoisotopic (exact) mass is 422 g/mol. The van der Waals surface area contributed by atoms with Gasteiger partial charge in [0.1, 0.15) is 17.0 Å². The SMILES string of the molecule is CCCCNC(=O)c1onc(CS(=O)(=O)c2ccccn2)c1C(=O)NCCCC. The van der Waals surface area contributed by atoms with E-state index in [0.29, 0.717) is 13.1 Å². The van der Waals surface area contributed by atoms with Crippen molar-refractivity contribution >= 4 is 21.7 Å². The van der Waals surface area contributed by atoms with E-state index in [0.717, 1.165) is 25.7 Å². The summed E-state index contributed by atoms with van der Waals surface area (Å²) >= 11 is 0. The second-order valence-corrected chi connectivity index (χ2v) is 8.42. The summed E-state index contributed by atoms with van der Waals surface area (Å²) in [7, 11) is -3.87. The van der Waals surface area contributed by atoms with Crippen LogP contribution in [-0.2, 0) is 15.6 Å². The standard InChI is InChI=1S/C19H26N4O5S/c1-3-5-10-21-18(24)16-14(13-29(26,27)15-9-7-8-12-20-15)23-28-17(16)19(25)22-11-6-4-2/h7-9,12H,3-6,10-11,13H2,1-2H3,(H,21,24)(H,22,25). The molecule has 29 heavy (non-hydrogen) atoms. The summed E-state index contributed by atoms with van der Waals surface area (Å²) in [6.07, 6.45) is 4.62. The average Bonchev–Trinajstić information content (AvgIpc) is 3.12. The van der Waals surface area contributed by atoms with Gasteiger partial charge in [-0.05, 0) is 25.0 Å². The normalized spacial score (nSPS) is 11.2. The zero-order valence-corrected chi connectivity index (χ0v) is 17.4. The molecule has 0 aromatic carbocycles. The van der Waals surface area contributed by atoms with E-state index in [1.807, 2.05) is 13.8 Å². The topological polar surface area (TPSA) is 131 Å². The van der Waals surface area contributed by atoms with Gasteiger partial charge in [0.25, 0.3) is 11.8 Å². The highest BCUT2D eigenvalue weighted by atomic mass is 32.2. The van der Waals surface area contributed by atoms with Crippen LogP contribution in [0, 0.1) is 0 Å². The van der Waals surface area contributed by atoms with Gasteiger partial charge in [0, 0.05) is 19.3 Å². The predicted molar refractivity (Wildman–Crippen MR) is 106 cm³/mol. The number of hydrogen-bond donors (Lipinski definition) is 2. The van der Waals surface area contributed by atoms with Crippen LogP contribution in [0.2, 0.25) is 0 Å². The highest BCUT2D eigenvalue weighted by Gasteiger charge is 2.31. The number of sulfone groups is 1. The quantitative estimate of drug-likeness (QED) is 0.530. The van der Waals surface area contributed by atoms with E-state index in [4.69, 9.17) is 4.52 Å². The molecule has 0 saturated heterocycles. The molecule has 0 aliphatic carbocycles. The first-order valence-corrected chi connectivity index (χ1v) is 11.2. The van der Waals surface area contributed by atoms with Gasteiger partial charge in [-0.1, -0.05) is 37.9 Å². The number of aromatic nitrogens is 2. The number of unbranched alkanes of at least 4 members (excludes halogenated alkanes) is 2. The number of carbonyl (C=O) groups excluding carboxylic acids is 2. The molecule has 0 aliphatic rings. The Hall–Kier alpha value is -2.75. The lowest BCUT2D eigenvalue weighted by atomic mass is 10.1. The van der Waals surface area contributed by atoms with Crippen LogP contribution in [0.3, 0.4) is 0 Å². The first-order valence-electron chi connectivity index (χ1n) is 9.59. The van der Waals surface area contributed by atoms with E-state index < -0.39 is 27.4 Å². The molecule has 2 amide bonds. The van der Waals surface area contributed by atoms with Gasteiger partial charge in [-0.25, -0.2) is 13.4 Å². The Labute approximate surface area is 170 Å². The predicted octanol–water partition coefficient (Wildman–Crippen LogP) is 2.10. The molecular formula is C19H26N4O5S. The highest BCUT2D eigenvalue weighted by molar-refractivity contribution is 7.90. The van der Waals surface area contributed by atoms with E-state index in [9.17, 15) is 18.0 Å². The fourth-order valence-electron chi connectivity index (χ4n) is 2.52. The lowest BCUT2D eigenvalue weighted by molar-refractivity contribution is 0.0891. The maximum Gasteiger partial charge on any atom is 0.290 e. The van der Waals surface area contributed by atoms with Gasteiger partial charge in [-0.15, -0.1) is 0 Å². The van der Waals surface area contributed by atoms with Gasteiger partial charge in [-0.2, -0.15) is 0 Å². The molecule has 2 heterocycles. The van der Waals surface area contributed by atoms with E-state index in [1.54, 1.807) is 12.1 Å². The Kier molecular flexibility index (Phi) is 8.32. The molecule has 9 nitrogen and oxygen atoms in total. The molecule has 0 bridgehead atoms. The van der Waals surface area contributed by atoms with Crippen molar-refractivity contribution in [2.75, 3.05) is 13.1 Å². The van der Waals surface area contributed by atoms with Crippen molar-refractivity contribution < 1.29 is 22.5 Å². The Bertz CT molecular complexity index is 925. The summed E-state index contributed by atoms with van der Waals surface area (Å²) in [6.45, 7) is 4.76. The summed E-state index contributed by atoms with van der Waals surface area (Å²) in [5.41, 5.74) is -0.278. The summed E-state index contributed by atoms with van der Waals surface area (Å²) in [5.74, 6) is -2.09. The molecule has 10 heteroatoms. The number of carbonyl (C=O) groups is 2. The van der Waals surface area contributed by atoms with Crippen molar-refractivity contribution in [1.82, 2.24) is 20.8 Å². The minimum absolute atomic E-state index is 0.120. The van der Waals surface area contributed by atoms with Crippen LogP contribution in [0.15, 0.2) is 33.9 Å². The van der Waals surface area contributed by atoms with Crippen molar-refractivity contribution in [3.8, 4) is 0 Å². The fourth-order valence-corrected chi connectivity index (χ4v) is 3.73. The molecular weight excluding hydrogens is 396 g/mol. The van der Waals surface area contributed by atoms with Crippen LogP contribution < -0.4 is 10.6 Å². The van der Waals surface area contributed by atoms with Crippen LogP contribution in [0.4, 0.5) is 0 Å². The van der Waals surface area contributed by atoms with Crippen molar-refractivity contribution in [2.45, 2.75) is 50.3 Å². The van der Waals surface area contributed by atoms with E-state index in [2.05, 4.69) is 20.8 Å². The van der Waals surface area contributed by atoms with Crippen LogP contribution in [0.5, 0.6) is 0 Å². The van der Waals surface area contributed by atoms with Crippen molar-refractivity contribution in [2.24, 2.45) is 0 Å². The minimum Gasteiger partial charge on any atom is -0.352 e. The van der Waals surface area contributed by atoms with Gasteiger partial charge in [0.15, 0.2) is 5.03 Å². The van der Waals surface area contributed by atoms with Crippen LogP contribution in [0.25, 0.3) is 0 Å². The van der Waals surface area contributed by atoms with Crippen LogP contribution in [-0.4, -0.2) is 43.5 Å². The van der Waals surface area contributed by atoms with Crippen molar-refractivity contribution in [1.29, 1.82) is 0 Å². The molecule has 2 aromatic heterocycles. The van der Waals surface area contributed by atoms with Gasteiger partial charge in [0.2, 0.25) is 15.6 Å². The molecule has 0 fully saturated rings. The summed E-state index contributed by atoms with van der Waals surface area (Å²) in [5, 5.41) is 8.92. The molecule has 0 spiro atoms. The molecule has 0 aliphatic heterocycles. The van der Waals surface area contributed by atoms with Gasteiger partial charge in [-0.3, -0.25) is 9.59 Å². The summed E-state index contributed by atoms with van der Waals surface area (Å²) in [4.78, 5) is 29.0. The number of pyridine rings is 1. The zero-order valence-electron chi connectivity index (χ0n) is 16.6. The lowest BCUT2D eigenvalue weighted by Gasteiger charge is -2.07. The molecule has 0 atom stereocenters. The summed E-state index contributed by atoms with van der Waals surface area (Å²) in [6, 6.07) is 4.50. The maximum absolute atomic E-state index is 12.7. The molecule has 0 unspecified atom stereocenters. The molecule has 2 N–H and O–H groups in total. The highest BCUT2D eigenvalue weighted by Crippen LogP contribution is 2.20. The van der Waals surface area contributed by atoms with Gasteiger partial charge >= 0.3 is 0 Å². The number of amides is 2. The smallest absolute Gasteiger partial charge is 0.290 e. The first kappa shape index (κ1) is 22.5. The lowest BCUT2D eigenvalue weighted by Crippen LogP contribution is -2.30. The van der Waals surface area contributed by atoms with Crippen LogP contribution in [0.1, 0.15) is 66.1 Å². The third kappa shape index (κ3) is 6.11. The Morgan fingerprint density at radius 1 is 1.03 bits per heavy atom. The molecule has 158 valence electrons. The second kappa shape index (κ2) is 10.7. The molecule has 2 rings (SSSR count). The molecule has 0 saturated carbocycles.